The van der Waals surface area contributed by atoms with Crippen molar-refractivity contribution in [2.45, 2.75) is 19.3 Å². The van der Waals surface area contributed by atoms with Crippen LogP contribution in [0.25, 0.3) is 4.85 Å². The van der Waals surface area contributed by atoms with Crippen molar-refractivity contribution >= 4 is 17.5 Å². The summed E-state index contributed by atoms with van der Waals surface area (Å²) < 4.78 is 1.64. The van der Waals surface area contributed by atoms with Crippen LogP contribution in [0.3, 0.4) is 0 Å². The number of rotatable bonds is 2. The second-order valence-corrected chi connectivity index (χ2v) is 7.65. The predicted molar refractivity (Wildman–Crippen MR) is 105 cm³/mol. The van der Waals surface area contributed by atoms with Crippen LogP contribution in [0.4, 0.5) is 5.82 Å². The van der Waals surface area contributed by atoms with Gasteiger partial charge in [-0.15, -0.1) is 0 Å². The van der Waals surface area contributed by atoms with Crippen molar-refractivity contribution < 1.29 is 9.59 Å². The van der Waals surface area contributed by atoms with Crippen molar-refractivity contribution in [2.75, 3.05) is 11.4 Å². The van der Waals surface area contributed by atoms with Gasteiger partial charge >= 0.3 is 0 Å². The number of anilines is 1. The highest BCUT2D eigenvalue weighted by atomic mass is 16.2. The van der Waals surface area contributed by atoms with E-state index in [1.807, 2.05) is 36.4 Å². The number of ketones is 1. The maximum absolute atomic E-state index is 13.9. The first-order valence-electron chi connectivity index (χ1n) is 9.05. The van der Waals surface area contributed by atoms with Gasteiger partial charge in [0.2, 0.25) is 11.6 Å². The first-order valence-corrected chi connectivity index (χ1v) is 9.05. The quantitative estimate of drug-likeness (QED) is 0.601. The Morgan fingerprint density at radius 2 is 1.86 bits per heavy atom. The van der Waals surface area contributed by atoms with E-state index in [0.717, 1.165) is 11.1 Å². The zero-order valence-electron chi connectivity index (χ0n) is 16.0. The van der Waals surface area contributed by atoms with Crippen LogP contribution in [0.15, 0.2) is 66.0 Å². The Kier molecular flexibility index (Phi) is 3.86. The van der Waals surface area contributed by atoms with Gasteiger partial charge in [-0.1, -0.05) is 56.3 Å². The first kappa shape index (κ1) is 17.9. The van der Waals surface area contributed by atoms with E-state index in [9.17, 15) is 9.59 Å². The minimum absolute atomic E-state index is 0.00206. The molecule has 0 unspecified atom stereocenters. The van der Waals surface area contributed by atoms with Gasteiger partial charge < -0.3 is 4.79 Å². The first-order chi connectivity index (χ1) is 13.3. The number of amides is 1. The van der Waals surface area contributed by atoms with E-state index in [1.165, 1.54) is 0 Å². The summed E-state index contributed by atoms with van der Waals surface area (Å²) >= 11 is 0. The molecule has 1 aliphatic carbocycles. The fourth-order valence-electron chi connectivity index (χ4n) is 4.25. The molecule has 1 atom stereocenters. The molecule has 6 heteroatoms. The lowest BCUT2D eigenvalue weighted by Gasteiger charge is -2.48. The van der Waals surface area contributed by atoms with Crippen LogP contribution < -0.4 is 4.90 Å². The molecule has 0 saturated heterocycles. The number of aryl methyl sites for hydroxylation is 1. The average Bonchev–Trinajstić information content (AvgIpc) is 3.12. The number of nitrogens with zero attached hydrogens (tertiary/aromatic N) is 4. The van der Waals surface area contributed by atoms with Crippen molar-refractivity contribution in [3.63, 3.8) is 0 Å². The molecule has 0 saturated carbocycles. The van der Waals surface area contributed by atoms with Gasteiger partial charge in [0.25, 0.3) is 0 Å². The Bertz CT molecular complexity index is 1090. The Morgan fingerprint density at radius 3 is 2.46 bits per heavy atom. The van der Waals surface area contributed by atoms with Gasteiger partial charge in [-0.25, -0.2) is 4.85 Å². The minimum Gasteiger partial charge on any atom is -0.307 e. The normalized spacial score (nSPS) is 23.6. The maximum atomic E-state index is 13.9. The maximum Gasteiger partial charge on any atom is 0.245 e. The number of Topliss-reactive ketones (excluding diaryl/α,β-unsaturated/α-hetero) is 1. The number of aromatic nitrogens is 2. The van der Waals surface area contributed by atoms with Crippen molar-refractivity contribution in [3.8, 4) is 0 Å². The Hall–Kier alpha value is -3.46. The van der Waals surface area contributed by atoms with Crippen LogP contribution >= 0.6 is 0 Å². The summed E-state index contributed by atoms with van der Waals surface area (Å²) in [6.45, 7) is 11.4. The van der Waals surface area contributed by atoms with Crippen LogP contribution in [-0.2, 0) is 22.1 Å². The fraction of sp³-hybridized carbons (Fsp3) is 0.273. The summed E-state index contributed by atoms with van der Waals surface area (Å²) in [4.78, 5) is 31.9. The molecule has 1 aromatic carbocycles. The zero-order valence-corrected chi connectivity index (χ0v) is 16.0. The molecule has 1 aliphatic heterocycles. The molecule has 2 heterocycles. The van der Waals surface area contributed by atoms with Crippen LogP contribution in [0.2, 0.25) is 0 Å². The minimum atomic E-state index is -1.20. The van der Waals surface area contributed by atoms with Gasteiger partial charge in [-0.05, 0) is 11.1 Å². The van der Waals surface area contributed by atoms with Gasteiger partial charge in [0.15, 0.2) is 11.6 Å². The molecule has 0 radical (unpaired) electrons. The van der Waals surface area contributed by atoms with Gasteiger partial charge in [0, 0.05) is 31.3 Å². The SMILES string of the molecule is [C-]#[N+]C1=C[C@]2(c3ccccc3)C(=O)N(c3ccn(C)n3)CC=C2C(C)(C)C1=O. The number of fused-ring (bicyclic) bond motifs is 1. The molecule has 6 nitrogen and oxygen atoms in total. The molecule has 28 heavy (non-hydrogen) atoms. The van der Waals surface area contributed by atoms with E-state index >= 15 is 0 Å². The van der Waals surface area contributed by atoms with Crippen molar-refractivity contribution in [2.24, 2.45) is 12.5 Å². The van der Waals surface area contributed by atoms with Crippen LogP contribution in [-0.4, -0.2) is 28.0 Å². The van der Waals surface area contributed by atoms with Crippen LogP contribution in [0, 0.1) is 12.0 Å². The van der Waals surface area contributed by atoms with Crippen molar-refractivity contribution in [1.29, 1.82) is 0 Å². The molecule has 4 rings (SSSR count). The fourth-order valence-corrected chi connectivity index (χ4v) is 4.25. The summed E-state index contributed by atoms with van der Waals surface area (Å²) in [7, 11) is 1.80. The average molecular weight is 372 g/mol. The smallest absolute Gasteiger partial charge is 0.245 e. The molecule has 2 aliphatic rings. The number of hydrogen-bond donors (Lipinski definition) is 0. The highest BCUT2D eigenvalue weighted by molar-refractivity contribution is 6.14. The lowest BCUT2D eigenvalue weighted by Crippen LogP contribution is -2.56. The Labute approximate surface area is 163 Å². The van der Waals surface area contributed by atoms with Crippen LogP contribution in [0.5, 0.6) is 0 Å². The molecule has 1 aromatic heterocycles. The monoisotopic (exact) mass is 372 g/mol. The highest BCUT2D eigenvalue weighted by Crippen LogP contribution is 2.52. The predicted octanol–water partition coefficient (Wildman–Crippen LogP) is 3.04. The lowest BCUT2D eigenvalue weighted by molar-refractivity contribution is -0.125. The number of benzene rings is 1. The summed E-state index contributed by atoms with van der Waals surface area (Å²) in [6.07, 6.45) is 5.27. The van der Waals surface area contributed by atoms with E-state index in [-0.39, 0.29) is 17.4 Å². The largest absolute Gasteiger partial charge is 0.307 e. The molecular formula is C22H20N4O2. The van der Waals surface area contributed by atoms with Crippen LogP contribution in [0.1, 0.15) is 19.4 Å². The lowest BCUT2D eigenvalue weighted by atomic mass is 9.57. The second-order valence-electron chi connectivity index (χ2n) is 7.65. The summed E-state index contributed by atoms with van der Waals surface area (Å²) in [6, 6.07) is 11.1. The zero-order chi connectivity index (χ0) is 20.1. The second kappa shape index (κ2) is 6.03. The molecule has 0 N–H and O–H groups in total. The van der Waals surface area contributed by atoms with Gasteiger partial charge in [0.1, 0.15) is 5.41 Å². The van der Waals surface area contributed by atoms with E-state index in [0.29, 0.717) is 12.4 Å². The summed E-state index contributed by atoms with van der Waals surface area (Å²) in [5, 5.41) is 4.38. The number of carbonyl (C=O) groups is 2. The van der Waals surface area contributed by atoms with E-state index in [2.05, 4.69) is 9.94 Å². The summed E-state index contributed by atoms with van der Waals surface area (Å²) in [5.41, 5.74) is -0.679. The molecule has 1 amide bonds. The Balaban J connectivity index is 2.03. The van der Waals surface area contributed by atoms with Gasteiger partial charge in [0.05, 0.1) is 6.57 Å². The third-order valence-electron chi connectivity index (χ3n) is 5.64. The molecule has 0 bridgehead atoms. The van der Waals surface area contributed by atoms with E-state index in [1.54, 1.807) is 48.8 Å². The molecule has 2 aromatic rings. The van der Waals surface area contributed by atoms with Crippen molar-refractivity contribution in [1.82, 2.24) is 9.78 Å². The number of allylic oxidation sites excluding steroid dienone is 1. The number of hydrogen-bond acceptors (Lipinski definition) is 3. The summed E-state index contributed by atoms with van der Waals surface area (Å²) in [5.74, 6) is 0.0987. The van der Waals surface area contributed by atoms with Gasteiger partial charge in [-0.3, -0.25) is 14.4 Å². The molecule has 0 fully saturated rings. The third kappa shape index (κ3) is 2.29. The van der Waals surface area contributed by atoms with Crippen molar-refractivity contribution in [3.05, 3.63) is 83.0 Å². The van der Waals surface area contributed by atoms with E-state index < -0.39 is 10.8 Å². The molecular weight excluding hydrogens is 352 g/mol. The number of carbonyl (C=O) groups excluding carboxylic acids is 2. The molecule has 0 spiro atoms. The highest BCUT2D eigenvalue weighted by Gasteiger charge is 2.57. The van der Waals surface area contributed by atoms with Gasteiger partial charge in [-0.2, -0.15) is 5.10 Å². The Morgan fingerprint density at radius 1 is 1.14 bits per heavy atom. The third-order valence-corrected chi connectivity index (χ3v) is 5.64. The topological polar surface area (TPSA) is 59.6 Å². The standard InChI is InChI=1S/C22H20N4O2/c1-21(2)17-10-13-26(18-11-12-25(4)24-18)20(28)22(17,14-16(23-3)19(21)27)15-8-6-5-7-9-15/h5-12,14H,13H2,1-2,4H3/t22-/m1/s1. The van der Waals surface area contributed by atoms with E-state index in [4.69, 9.17) is 6.57 Å². The molecule has 140 valence electrons.